The van der Waals surface area contributed by atoms with Crippen molar-refractivity contribution in [2.75, 3.05) is 4.90 Å². The summed E-state index contributed by atoms with van der Waals surface area (Å²) in [5, 5.41) is 9.45. The number of amides is 1. The van der Waals surface area contributed by atoms with Crippen molar-refractivity contribution in [3.05, 3.63) is 52.0 Å². The van der Waals surface area contributed by atoms with Crippen LogP contribution in [0.1, 0.15) is 49.7 Å². The first kappa shape index (κ1) is 21.5. The molecule has 0 spiro atoms. The van der Waals surface area contributed by atoms with E-state index in [9.17, 15) is 14.0 Å². The van der Waals surface area contributed by atoms with E-state index in [-0.39, 0.29) is 34.2 Å². The van der Waals surface area contributed by atoms with Gasteiger partial charge in [0.25, 0.3) is 5.91 Å². The SMILES string of the molecule is CC(C)Cc1nnc(N2C(=O)C3=C(C(=O)C4CC(Cl)CCC4O3)C2c2ccccc2F)s1. The number of nitrogens with zero attached hydrogens (tertiary/aromatic N) is 3. The van der Waals surface area contributed by atoms with E-state index in [1.54, 1.807) is 18.2 Å². The number of ketones is 1. The van der Waals surface area contributed by atoms with Gasteiger partial charge in [0.2, 0.25) is 5.13 Å². The summed E-state index contributed by atoms with van der Waals surface area (Å²) in [6.45, 7) is 4.14. The summed E-state index contributed by atoms with van der Waals surface area (Å²) >= 11 is 7.63. The number of aromatic nitrogens is 2. The van der Waals surface area contributed by atoms with Crippen LogP contribution in [0.4, 0.5) is 9.52 Å². The lowest BCUT2D eigenvalue weighted by molar-refractivity contribution is -0.131. The molecule has 1 aromatic heterocycles. The standard InChI is InChI=1S/C23H23ClFN3O3S/c1-11(2)9-17-26-27-23(32-17)28-19(13-5-3-4-6-15(13)25)18-20(29)14-10-12(24)7-8-16(14)31-21(18)22(28)30/h3-6,11-12,14,16,19H,7-10H2,1-2H3. The number of benzene rings is 1. The Hall–Kier alpha value is -2.32. The van der Waals surface area contributed by atoms with Gasteiger partial charge in [-0.05, 0) is 31.2 Å². The van der Waals surface area contributed by atoms with Gasteiger partial charge in [-0.1, -0.05) is 43.4 Å². The number of ether oxygens (including phenoxy) is 1. The van der Waals surface area contributed by atoms with Gasteiger partial charge < -0.3 is 4.74 Å². The molecule has 32 heavy (non-hydrogen) atoms. The third-order valence-electron chi connectivity index (χ3n) is 6.23. The second kappa shape index (κ2) is 8.23. The van der Waals surface area contributed by atoms with Crippen LogP contribution in [0.2, 0.25) is 0 Å². The number of alkyl halides is 1. The van der Waals surface area contributed by atoms with Gasteiger partial charge >= 0.3 is 0 Å². The molecule has 1 saturated carbocycles. The molecule has 2 aliphatic heterocycles. The van der Waals surface area contributed by atoms with Gasteiger partial charge in [0, 0.05) is 17.4 Å². The number of anilines is 1. The molecule has 168 valence electrons. The fraction of sp³-hybridized carbons (Fsp3) is 0.478. The Kier molecular flexibility index (Phi) is 5.53. The molecule has 9 heteroatoms. The lowest BCUT2D eigenvalue weighted by Gasteiger charge is -2.37. The average Bonchev–Trinajstić information content (AvgIpc) is 3.31. The molecule has 0 bridgehead atoms. The molecule has 2 aromatic rings. The lowest BCUT2D eigenvalue weighted by atomic mass is 9.77. The molecule has 4 unspecified atom stereocenters. The number of carbonyl (C=O) groups is 2. The Balaban J connectivity index is 1.61. The number of halogens is 2. The zero-order valence-electron chi connectivity index (χ0n) is 17.8. The minimum atomic E-state index is -0.942. The number of hydrogen-bond acceptors (Lipinski definition) is 6. The molecule has 4 atom stereocenters. The second-order valence-electron chi connectivity index (χ2n) is 8.96. The Morgan fingerprint density at radius 3 is 2.78 bits per heavy atom. The summed E-state index contributed by atoms with van der Waals surface area (Å²) in [6, 6.07) is 5.25. The highest BCUT2D eigenvalue weighted by Gasteiger charge is 2.54. The van der Waals surface area contributed by atoms with Crippen LogP contribution in [-0.4, -0.2) is 33.4 Å². The number of rotatable bonds is 4. The van der Waals surface area contributed by atoms with E-state index in [0.29, 0.717) is 30.3 Å². The van der Waals surface area contributed by atoms with Crippen molar-refractivity contribution in [2.45, 2.75) is 57.1 Å². The highest BCUT2D eigenvalue weighted by Crippen LogP contribution is 2.49. The van der Waals surface area contributed by atoms with Crippen molar-refractivity contribution in [1.82, 2.24) is 10.2 Å². The summed E-state index contributed by atoms with van der Waals surface area (Å²) < 4.78 is 21.1. The quantitative estimate of drug-likeness (QED) is 0.604. The van der Waals surface area contributed by atoms with Crippen molar-refractivity contribution in [3.63, 3.8) is 0 Å². The Labute approximate surface area is 194 Å². The second-order valence-corrected chi connectivity index (χ2v) is 10.6. The smallest absolute Gasteiger partial charge is 0.296 e. The van der Waals surface area contributed by atoms with Crippen LogP contribution in [0.15, 0.2) is 35.6 Å². The first-order chi connectivity index (χ1) is 15.3. The molecule has 0 radical (unpaired) electrons. The Morgan fingerprint density at radius 1 is 1.25 bits per heavy atom. The minimum absolute atomic E-state index is 0.0122. The van der Waals surface area contributed by atoms with E-state index in [4.69, 9.17) is 16.3 Å². The summed E-state index contributed by atoms with van der Waals surface area (Å²) in [6.07, 6.45) is 2.15. The molecule has 3 heterocycles. The summed E-state index contributed by atoms with van der Waals surface area (Å²) in [7, 11) is 0. The molecular formula is C23H23ClFN3O3S. The van der Waals surface area contributed by atoms with Crippen molar-refractivity contribution in [2.24, 2.45) is 11.8 Å². The van der Waals surface area contributed by atoms with Gasteiger partial charge in [-0.15, -0.1) is 21.8 Å². The van der Waals surface area contributed by atoms with Crippen LogP contribution in [0.3, 0.4) is 0 Å². The van der Waals surface area contributed by atoms with E-state index >= 15 is 0 Å². The Morgan fingerprint density at radius 2 is 2.03 bits per heavy atom. The number of hydrogen-bond donors (Lipinski definition) is 0. The monoisotopic (exact) mass is 475 g/mol. The van der Waals surface area contributed by atoms with Crippen molar-refractivity contribution < 1.29 is 18.7 Å². The average molecular weight is 476 g/mol. The predicted molar refractivity (Wildman–Crippen MR) is 119 cm³/mol. The summed E-state index contributed by atoms with van der Waals surface area (Å²) in [5.74, 6) is -1.20. The zero-order valence-corrected chi connectivity index (χ0v) is 19.3. The highest BCUT2D eigenvalue weighted by atomic mass is 35.5. The van der Waals surface area contributed by atoms with Crippen LogP contribution in [0.5, 0.6) is 0 Å². The highest BCUT2D eigenvalue weighted by molar-refractivity contribution is 7.15. The maximum Gasteiger partial charge on any atom is 0.296 e. The van der Waals surface area contributed by atoms with Gasteiger partial charge in [0.1, 0.15) is 23.0 Å². The van der Waals surface area contributed by atoms with E-state index < -0.39 is 23.7 Å². The van der Waals surface area contributed by atoms with Crippen LogP contribution in [-0.2, 0) is 20.7 Å². The number of carbonyl (C=O) groups excluding carboxylic acids is 2. The molecule has 3 aliphatic rings. The zero-order chi connectivity index (χ0) is 22.6. The minimum Gasteiger partial charge on any atom is -0.483 e. The van der Waals surface area contributed by atoms with Crippen LogP contribution in [0, 0.1) is 17.7 Å². The third kappa shape index (κ3) is 3.53. The van der Waals surface area contributed by atoms with Gasteiger partial charge in [-0.25, -0.2) is 4.39 Å². The van der Waals surface area contributed by atoms with Gasteiger partial charge in [0.15, 0.2) is 11.5 Å². The van der Waals surface area contributed by atoms with Crippen LogP contribution < -0.4 is 4.90 Å². The summed E-state index contributed by atoms with van der Waals surface area (Å²) in [4.78, 5) is 28.5. The number of fused-ring (bicyclic) bond motifs is 1. The molecule has 6 nitrogen and oxygen atoms in total. The van der Waals surface area contributed by atoms with E-state index in [1.807, 2.05) is 0 Å². The van der Waals surface area contributed by atoms with E-state index in [2.05, 4.69) is 24.0 Å². The molecule has 1 aliphatic carbocycles. The maximum atomic E-state index is 14.9. The molecule has 1 aromatic carbocycles. The van der Waals surface area contributed by atoms with Crippen LogP contribution >= 0.6 is 22.9 Å². The first-order valence-electron chi connectivity index (χ1n) is 10.8. The fourth-order valence-corrected chi connectivity index (χ4v) is 6.17. The van der Waals surface area contributed by atoms with Crippen molar-refractivity contribution >= 4 is 39.8 Å². The topological polar surface area (TPSA) is 72.4 Å². The van der Waals surface area contributed by atoms with Gasteiger partial charge in [-0.3, -0.25) is 14.5 Å². The fourth-order valence-electron chi connectivity index (χ4n) is 4.78. The van der Waals surface area contributed by atoms with Crippen molar-refractivity contribution in [1.29, 1.82) is 0 Å². The third-order valence-corrected chi connectivity index (χ3v) is 7.57. The number of Topliss-reactive ketones (excluding diaryl/α,β-unsaturated/α-hetero) is 1. The van der Waals surface area contributed by atoms with E-state index in [0.717, 1.165) is 11.4 Å². The van der Waals surface area contributed by atoms with Crippen molar-refractivity contribution in [3.8, 4) is 0 Å². The molecule has 1 amide bonds. The molecule has 1 fully saturated rings. The first-order valence-corrected chi connectivity index (χ1v) is 12.1. The van der Waals surface area contributed by atoms with E-state index in [1.165, 1.54) is 22.3 Å². The predicted octanol–water partition coefficient (Wildman–Crippen LogP) is 4.59. The van der Waals surface area contributed by atoms with Gasteiger partial charge in [0.05, 0.1) is 11.5 Å². The normalized spacial score (nSPS) is 27.6. The molecule has 5 rings (SSSR count). The molecule has 0 saturated heterocycles. The summed E-state index contributed by atoms with van der Waals surface area (Å²) in [5.41, 5.74) is 0.438. The van der Waals surface area contributed by atoms with Gasteiger partial charge in [-0.2, -0.15) is 0 Å². The Bertz CT molecular complexity index is 1120. The van der Waals surface area contributed by atoms with Crippen LogP contribution in [0.25, 0.3) is 0 Å². The lowest BCUT2D eigenvalue weighted by Crippen LogP contribution is -2.41. The maximum absolute atomic E-state index is 14.9. The largest absolute Gasteiger partial charge is 0.483 e. The molecular weight excluding hydrogens is 453 g/mol. The molecule has 0 N–H and O–H groups in total.